The molecule has 0 unspecified atom stereocenters. The zero-order chi connectivity index (χ0) is 19.5. The van der Waals surface area contributed by atoms with Crippen LogP contribution in [0.1, 0.15) is 15.9 Å². The fourth-order valence-electron chi connectivity index (χ4n) is 3.40. The number of benzene rings is 2. The van der Waals surface area contributed by atoms with E-state index in [2.05, 4.69) is 39.8 Å². The van der Waals surface area contributed by atoms with Crippen LogP contribution in [0.25, 0.3) is 0 Å². The summed E-state index contributed by atoms with van der Waals surface area (Å²) in [6.07, 6.45) is 4.29. The molecule has 2 aliphatic rings. The van der Waals surface area contributed by atoms with Gasteiger partial charge in [0.25, 0.3) is 5.91 Å². The fraction of sp³-hybridized carbons (Fsp3) is 0.238. The standard InChI is InChI=1S/C21H21ClN4O2/c22-18-7-6-16(13-19(18)26-11-8-23-21(26)28)20(27)24-14-15-4-3-5-17(12-15)25-9-1-2-10-25/h1-7,12-13H,8-11,14H2,(H,23,28)(H,24,27). The lowest BCUT2D eigenvalue weighted by Gasteiger charge is -2.19. The molecule has 2 aromatic carbocycles. The van der Waals surface area contributed by atoms with Gasteiger partial charge in [0, 0.05) is 44.0 Å². The maximum absolute atomic E-state index is 12.6. The van der Waals surface area contributed by atoms with Gasteiger partial charge in [0.1, 0.15) is 0 Å². The number of hydrogen-bond donors (Lipinski definition) is 2. The van der Waals surface area contributed by atoms with Gasteiger partial charge >= 0.3 is 6.03 Å². The van der Waals surface area contributed by atoms with Crippen molar-refractivity contribution >= 4 is 34.9 Å². The molecule has 0 aliphatic carbocycles. The van der Waals surface area contributed by atoms with Crippen molar-refractivity contribution in [2.24, 2.45) is 0 Å². The number of nitrogens with zero attached hydrogens (tertiary/aromatic N) is 2. The second-order valence-electron chi connectivity index (χ2n) is 6.78. The van der Waals surface area contributed by atoms with Crippen molar-refractivity contribution in [3.63, 3.8) is 0 Å². The molecule has 0 aromatic heterocycles. The smallest absolute Gasteiger partial charge is 0.322 e. The van der Waals surface area contributed by atoms with E-state index >= 15 is 0 Å². The van der Waals surface area contributed by atoms with E-state index in [0.29, 0.717) is 35.9 Å². The summed E-state index contributed by atoms with van der Waals surface area (Å²) in [7, 11) is 0. The van der Waals surface area contributed by atoms with Crippen LogP contribution in [-0.4, -0.2) is 38.1 Å². The molecule has 2 N–H and O–H groups in total. The maximum atomic E-state index is 12.6. The summed E-state index contributed by atoms with van der Waals surface area (Å²) in [5.74, 6) is -0.203. The summed E-state index contributed by atoms with van der Waals surface area (Å²) in [5.41, 5.74) is 3.20. The molecule has 0 atom stereocenters. The number of anilines is 2. The van der Waals surface area contributed by atoms with E-state index in [1.54, 1.807) is 23.1 Å². The van der Waals surface area contributed by atoms with Crippen molar-refractivity contribution in [3.05, 3.63) is 70.8 Å². The van der Waals surface area contributed by atoms with Gasteiger partial charge in [-0.3, -0.25) is 9.69 Å². The van der Waals surface area contributed by atoms with Crippen LogP contribution in [0.4, 0.5) is 16.2 Å². The molecule has 1 saturated heterocycles. The molecule has 1 fully saturated rings. The number of halogens is 1. The Morgan fingerprint density at radius 3 is 2.71 bits per heavy atom. The van der Waals surface area contributed by atoms with E-state index in [4.69, 9.17) is 11.6 Å². The predicted molar refractivity (Wildman–Crippen MR) is 111 cm³/mol. The van der Waals surface area contributed by atoms with Gasteiger partial charge in [0.15, 0.2) is 0 Å². The third-order valence-corrected chi connectivity index (χ3v) is 5.22. The molecule has 0 bridgehead atoms. The predicted octanol–water partition coefficient (Wildman–Crippen LogP) is 3.18. The molecular weight excluding hydrogens is 376 g/mol. The van der Waals surface area contributed by atoms with Crippen LogP contribution in [0.15, 0.2) is 54.6 Å². The highest BCUT2D eigenvalue weighted by molar-refractivity contribution is 6.34. The van der Waals surface area contributed by atoms with Gasteiger partial charge in [-0.1, -0.05) is 35.9 Å². The quantitative estimate of drug-likeness (QED) is 0.763. The van der Waals surface area contributed by atoms with E-state index in [0.717, 1.165) is 24.3 Å². The van der Waals surface area contributed by atoms with Crippen molar-refractivity contribution in [2.75, 3.05) is 36.0 Å². The van der Waals surface area contributed by atoms with Gasteiger partial charge in [-0.25, -0.2) is 4.79 Å². The molecule has 7 heteroatoms. The van der Waals surface area contributed by atoms with Crippen molar-refractivity contribution in [1.82, 2.24) is 10.6 Å². The Kier molecular flexibility index (Phi) is 5.21. The molecule has 0 spiro atoms. The van der Waals surface area contributed by atoms with E-state index in [1.807, 2.05) is 12.1 Å². The van der Waals surface area contributed by atoms with E-state index < -0.39 is 0 Å². The molecule has 2 heterocycles. The Balaban J connectivity index is 1.44. The first-order valence-corrected chi connectivity index (χ1v) is 9.61. The van der Waals surface area contributed by atoms with Crippen LogP contribution in [0.2, 0.25) is 5.02 Å². The second kappa shape index (κ2) is 7.94. The average Bonchev–Trinajstić information content (AvgIpc) is 3.39. The molecule has 2 aromatic rings. The molecule has 0 saturated carbocycles. The van der Waals surface area contributed by atoms with E-state index in [-0.39, 0.29) is 11.9 Å². The number of carbonyl (C=O) groups excluding carboxylic acids is 2. The number of nitrogens with one attached hydrogen (secondary N) is 2. The Morgan fingerprint density at radius 2 is 1.96 bits per heavy atom. The summed E-state index contributed by atoms with van der Waals surface area (Å²) in [6.45, 7) is 3.34. The molecule has 28 heavy (non-hydrogen) atoms. The molecule has 6 nitrogen and oxygen atoms in total. The van der Waals surface area contributed by atoms with Crippen LogP contribution in [0.3, 0.4) is 0 Å². The van der Waals surface area contributed by atoms with Crippen molar-refractivity contribution in [1.29, 1.82) is 0 Å². The lowest BCUT2D eigenvalue weighted by Crippen LogP contribution is -2.28. The molecule has 2 aliphatic heterocycles. The molecule has 3 amide bonds. The van der Waals surface area contributed by atoms with Gasteiger partial charge in [-0.15, -0.1) is 0 Å². The first kappa shape index (κ1) is 18.4. The van der Waals surface area contributed by atoms with Crippen LogP contribution >= 0.6 is 11.6 Å². The van der Waals surface area contributed by atoms with Crippen LogP contribution in [0.5, 0.6) is 0 Å². The second-order valence-corrected chi connectivity index (χ2v) is 7.19. The van der Waals surface area contributed by atoms with Crippen molar-refractivity contribution < 1.29 is 9.59 Å². The highest BCUT2D eigenvalue weighted by atomic mass is 35.5. The molecule has 4 rings (SSSR count). The lowest BCUT2D eigenvalue weighted by molar-refractivity contribution is 0.0951. The SMILES string of the molecule is O=C(NCc1cccc(N2CC=CC2)c1)c1ccc(Cl)c(N2CCNC2=O)c1. The summed E-state index contributed by atoms with van der Waals surface area (Å²) >= 11 is 6.24. The van der Waals surface area contributed by atoms with E-state index in [9.17, 15) is 9.59 Å². The zero-order valence-electron chi connectivity index (χ0n) is 15.3. The highest BCUT2D eigenvalue weighted by Gasteiger charge is 2.24. The minimum atomic E-state index is -0.203. The normalized spacial score (nSPS) is 15.8. The number of amides is 3. The number of rotatable bonds is 5. The Hall–Kier alpha value is -2.99. The molecule has 0 radical (unpaired) electrons. The Morgan fingerprint density at radius 1 is 1.14 bits per heavy atom. The summed E-state index contributed by atoms with van der Waals surface area (Å²) < 4.78 is 0. The average molecular weight is 397 g/mol. The summed E-state index contributed by atoms with van der Waals surface area (Å²) in [4.78, 5) is 28.3. The van der Waals surface area contributed by atoms with Gasteiger partial charge in [0.2, 0.25) is 0 Å². The third kappa shape index (κ3) is 3.82. The van der Waals surface area contributed by atoms with Crippen LogP contribution < -0.4 is 20.4 Å². The van der Waals surface area contributed by atoms with E-state index in [1.165, 1.54) is 0 Å². The summed E-state index contributed by atoms with van der Waals surface area (Å²) in [5, 5.41) is 6.13. The number of hydrogen-bond acceptors (Lipinski definition) is 3. The molecule has 144 valence electrons. The Bertz CT molecular complexity index is 936. The Labute approximate surface area is 168 Å². The van der Waals surface area contributed by atoms with Crippen molar-refractivity contribution in [3.8, 4) is 0 Å². The third-order valence-electron chi connectivity index (χ3n) is 4.90. The fourth-order valence-corrected chi connectivity index (χ4v) is 3.62. The van der Waals surface area contributed by atoms with Crippen molar-refractivity contribution in [2.45, 2.75) is 6.54 Å². The minimum absolute atomic E-state index is 0.201. The lowest BCUT2D eigenvalue weighted by atomic mass is 10.1. The topological polar surface area (TPSA) is 64.7 Å². The maximum Gasteiger partial charge on any atom is 0.322 e. The highest BCUT2D eigenvalue weighted by Crippen LogP contribution is 2.28. The monoisotopic (exact) mass is 396 g/mol. The summed E-state index contributed by atoms with van der Waals surface area (Å²) in [6, 6.07) is 12.9. The first-order valence-electron chi connectivity index (χ1n) is 9.24. The van der Waals surface area contributed by atoms with Gasteiger partial charge in [0.05, 0.1) is 10.7 Å². The molecular formula is C21H21ClN4O2. The zero-order valence-corrected chi connectivity index (χ0v) is 16.1. The number of urea groups is 1. The van der Waals surface area contributed by atoms with Crippen LogP contribution in [0, 0.1) is 0 Å². The van der Waals surface area contributed by atoms with Gasteiger partial charge in [-0.2, -0.15) is 0 Å². The minimum Gasteiger partial charge on any atom is -0.364 e. The van der Waals surface area contributed by atoms with Gasteiger partial charge < -0.3 is 15.5 Å². The number of carbonyl (C=O) groups is 2. The van der Waals surface area contributed by atoms with Crippen LogP contribution in [-0.2, 0) is 6.54 Å². The first-order chi connectivity index (χ1) is 13.6. The largest absolute Gasteiger partial charge is 0.364 e. The van der Waals surface area contributed by atoms with Gasteiger partial charge in [-0.05, 0) is 35.9 Å².